The van der Waals surface area contributed by atoms with Gasteiger partial charge in [0.05, 0.1) is 0 Å². The molecule has 0 rings (SSSR count). The summed E-state index contributed by atoms with van der Waals surface area (Å²) in [7, 11) is 1.88. The van der Waals surface area contributed by atoms with Crippen LogP contribution in [0.25, 0.3) is 0 Å². The molecule has 0 aromatic carbocycles. The van der Waals surface area contributed by atoms with Gasteiger partial charge in [0.1, 0.15) is 6.29 Å². The summed E-state index contributed by atoms with van der Waals surface area (Å²) in [5.41, 5.74) is 21.4. The quantitative estimate of drug-likeness (QED) is 0.0364. The first kappa shape index (κ1) is 40.9. The van der Waals surface area contributed by atoms with Crippen molar-refractivity contribution in [2.75, 3.05) is 98.7 Å². The molecule has 0 saturated heterocycles. The maximum Gasteiger partial charge on any atom is 0.220 e. The number of nitrogens with zero attached hydrogens (tertiary/aromatic N) is 2. The normalized spacial score (nSPS) is 10.7. The summed E-state index contributed by atoms with van der Waals surface area (Å²) in [6, 6.07) is 0. The molecule has 0 atom stereocenters. The molecule has 0 unspecified atom stereocenters. The van der Waals surface area contributed by atoms with E-state index in [1.165, 1.54) is 0 Å². The minimum atomic E-state index is -0.00929. The Morgan fingerprint density at radius 2 is 0.902 bits per heavy atom. The SMILES string of the molecule is CNCCN.NCCNC(=O)CCCN(CCCC=O)CCN(CCCC(=O)NCCN)CCCC(=O)NCCN. The number of likely N-dealkylation sites (N-methyl/N-ethyl adjacent to an activating group) is 1. The number of rotatable bonds is 27. The Labute approximate surface area is 247 Å². The monoisotopic (exact) mass is 588 g/mol. The third-order valence-electron chi connectivity index (χ3n) is 5.96. The molecule has 0 aliphatic rings. The first-order valence-corrected chi connectivity index (χ1v) is 15.0. The number of aldehydes is 1. The molecule has 3 amide bonds. The Hall–Kier alpha value is -2.20. The summed E-state index contributed by atoms with van der Waals surface area (Å²) in [6.07, 6.45) is 5.63. The molecule has 0 saturated carbocycles. The molecule has 14 nitrogen and oxygen atoms in total. The number of nitrogens with one attached hydrogen (secondary N) is 4. The maximum absolute atomic E-state index is 11.9. The topological polar surface area (TPSA) is 227 Å². The summed E-state index contributed by atoms with van der Waals surface area (Å²) < 4.78 is 0. The van der Waals surface area contributed by atoms with Gasteiger partial charge in [0.15, 0.2) is 0 Å². The van der Waals surface area contributed by atoms with Gasteiger partial charge < -0.3 is 58.8 Å². The van der Waals surface area contributed by atoms with Gasteiger partial charge in [-0.05, 0) is 58.9 Å². The number of carbonyl (C=O) groups excluding carboxylic acids is 4. The summed E-state index contributed by atoms with van der Waals surface area (Å²) >= 11 is 0. The molecule has 0 fully saturated rings. The predicted molar refractivity (Wildman–Crippen MR) is 165 cm³/mol. The molecular formula is C27H60N10O4. The zero-order chi connectivity index (χ0) is 31.0. The minimum Gasteiger partial charge on any atom is -0.355 e. The lowest BCUT2D eigenvalue weighted by Gasteiger charge is -2.28. The number of hydrogen-bond donors (Lipinski definition) is 8. The molecule has 0 aliphatic carbocycles. The van der Waals surface area contributed by atoms with E-state index in [2.05, 4.69) is 31.1 Å². The highest BCUT2D eigenvalue weighted by Gasteiger charge is 2.12. The van der Waals surface area contributed by atoms with Crippen molar-refractivity contribution in [2.24, 2.45) is 22.9 Å². The largest absolute Gasteiger partial charge is 0.355 e. The van der Waals surface area contributed by atoms with E-state index < -0.39 is 0 Å². The zero-order valence-electron chi connectivity index (χ0n) is 25.5. The Morgan fingerprint density at radius 3 is 1.17 bits per heavy atom. The fourth-order valence-electron chi connectivity index (χ4n) is 3.79. The number of nitrogens with two attached hydrogens (primary N) is 4. The van der Waals surface area contributed by atoms with E-state index in [0.717, 1.165) is 71.5 Å². The molecule has 0 aliphatic heterocycles. The van der Waals surface area contributed by atoms with Gasteiger partial charge in [-0.2, -0.15) is 0 Å². The van der Waals surface area contributed by atoms with Crippen LogP contribution in [-0.2, 0) is 19.2 Å². The minimum absolute atomic E-state index is 0.00394. The maximum atomic E-state index is 11.9. The highest BCUT2D eigenvalue weighted by molar-refractivity contribution is 5.76. The third-order valence-corrected chi connectivity index (χ3v) is 5.96. The van der Waals surface area contributed by atoms with E-state index >= 15 is 0 Å². The van der Waals surface area contributed by atoms with Crippen LogP contribution >= 0.6 is 0 Å². The Balaban J connectivity index is 0. The number of hydrogen-bond acceptors (Lipinski definition) is 11. The van der Waals surface area contributed by atoms with Crippen LogP contribution in [0.15, 0.2) is 0 Å². The zero-order valence-corrected chi connectivity index (χ0v) is 25.5. The van der Waals surface area contributed by atoms with Gasteiger partial charge in [0, 0.05) is 91.1 Å². The highest BCUT2D eigenvalue weighted by Crippen LogP contribution is 2.04. The van der Waals surface area contributed by atoms with Crippen molar-refractivity contribution >= 4 is 24.0 Å². The number of carbonyl (C=O) groups is 4. The molecule has 0 bridgehead atoms. The molecule has 242 valence electrons. The van der Waals surface area contributed by atoms with Crippen molar-refractivity contribution in [1.29, 1.82) is 0 Å². The summed E-state index contributed by atoms with van der Waals surface area (Å²) in [4.78, 5) is 51.0. The van der Waals surface area contributed by atoms with Crippen LogP contribution in [0.4, 0.5) is 0 Å². The summed E-state index contributed by atoms with van der Waals surface area (Å²) in [5, 5.41) is 11.2. The standard InChI is InChI=1S/C24H50N8O4.C3H10N2/c25-9-12-28-22(34)6-3-16-31(15-1-2-21-33)19-20-32(17-4-7-23(35)29-13-10-26)18-5-8-24(36)30-14-11-27;1-5-3-2-4/h21H,1-20,25-27H2,(H,28,34)(H,29,35)(H,30,36);5H,2-4H2,1H3. The lowest BCUT2D eigenvalue weighted by atomic mass is 10.2. The third kappa shape index (κ3) is 30.6. The average Bonchev–Trinajstić information content (AvgIpc) is 2.96. The molecule has 14 heteroatoms. The van der Waals surface area contributed by atoms with Gasteiger partial charge in [-0.25, -0.2) is 0 Å². The van der Waals surface area contributed by atoms with E-state index in [4.69, 9.17) is 22.9 Å². The molecule has 41 heavy (non-hydrogen) atoms. The van der Waals surface area contributed by atoms with Crippen LogP contribution in [0.1, 0.15) is 51.4 Å². The van der Waals surface area contributed by atoms with Gasteiger partial charge in [0.2, 0.25) is 17.7 Å². The highest BCUT2D eigenvalue weighted by atomic mass is 16.2. The second-order valence-corrected chi connectivity index (χ2v) is 9.61. The Kier molecular flexibility index (Phi) is 32.3. The van der Waals surface area contributed by atoms with Crippen LogP contribution in [0.3, 0.4) is 0 Å². The average molecular weight is 589 g/mol. The molecule has 0 aromatic rings. The smallest absolute Gasteiger partial charge is 0.220 e. The van der Waals surface area contributed by atoms with Crippen LogP contribution in [0.5, 0.6) is 0 Å². The van der Waals surface area contributed by atoms with Gasteiger partial charge in [-0.3, -0.25) is 14.4 Å². The summed E-state index contributed by atoms with van der Waals surface area (Å²) in [5.74, 6) is -0.0225. The molecule has 0 heterocycles. The lowest BCUT2D eigenvalue weighted by Crippen LogP contribution is -2.38. The predicted octanol–water partition coefficient (Wildman–Crippen LogP) is -2.70. The van der Waals surface area contributed by atoms with Gasteiger partial charge in [-0.15, -0.1) is 0 Å². The van der Waals surface area contributed by atoms with Crippen LogP contribution in [0, 0.1) is 0 Å². The van der Waals surface area contributed by atoms with E-state index in [-0.39, 0.29) is 17.7 Å². The molecular weight excluding hydrogens is 528 g/mol. The lowest BCUT2D eigenvalue weighted by molar-refractivity contribution is -0.122. The van der Waals surface area contributed by atoms with Gasteiger partial charge in [-0.1, -0.05) is 0 Å². The molecule has 0 radical (unpaired) electrons. The van der Waals surface area contributed by atoms with Crippen molar-refractivity contribution in [1.82, 2.24) is 31.1 Å². The van der Waals surface area contributed by atoms with Crippen molar-refractivity contribution < 1.29 is 19.2 Å². The van der Waals surface area contributed by atoms with Gasteiger partial charge >= 0.3 is 0 Å². The van der Waals surface area contributed by atoms with E-state index in [1.54, 1.807) is 0 Å². The number of unbranched alkanes of at least 4 members (excludes halogenated alkanes) is 1. The molecule has 0 aromatic heterocycles. The van der Waals surface area contributed by atoms with Crippen LogP contribution < -0.4 is 44.2 Å². The number of amides is 3. The van der Waals surface area contributed by atoms with E-state index in [9.17, 15) is 19.2 Å². The summed E-state index contributed by atoms with van der Waals surface area (Å²) in [6.45, 7) is 8.89. The Bertz CT molecular complexity index is 615. The second kappa shape index (κ2) is 32.3. The second-order valence-electron chi connectivity index (χ2n) is 9.61. The van der Waals surface area contributed by atoms with Crippen molar-refractivity contribution in [2.45, 2.75) is 51.4 Å². The van der Waals surface area contributed by atoms with Crippen LogP contribution in [-0.4, -0.2) is 132 Å². The van der Waals surface area contributed by atoms with Gasteiger partial charge in [0.25, 0.3) is 0 Å². The van der Waals surface area contributed by atoms with E-state index in [1.807, 2.05) is 7.05 Å². The van der Waals surface area contributed by atoms with Crippen molar-refractivity contribution in [3.63, 3.8) is 0 Å². The first-order chi connectivity index (χ1) is 19.9. The fraction of sp³-hybridized carbons (Fsp3) is 0.852. The molecule has 12 N–H and O–H groups in total. The first-order valence-electron chi connectivity index (χ1n) is 15.0. The van der Waals surface area contributed by atoms with Crippen LogP contribution in [0.2, 0.25) is 0 Å². The Morgan fingerprint density at radius 1 is 0.561 bits per heavy atom. The van der Waals surface area contributed by atoms with Crippen molar-refractivity contribution in [3.8, 4) is 0 Å². The van der Waals surface area contributed by atoms with Crippen molar-refractivity contribution in [3.05, 3.63) is 0 Å². The molecule has 0 spiro atoms. The fourth-order valence-corrected chi connectivity index (χ4v) is 3.79. The van der Waals surface area contributed by atoms with E-state index in [0.29, 0.717) is 77.8 Å².